The molecule has 2 N–H and O–H groups in total. The number of fused-ring (bicyclic) bond motifs is 1. The Morgan fingerprint density at radius 2 is 1.42 bits per heavy atom. The van der Waals surface area contributed by atoms with Crippen molar-refractivity contribution in [2.24, 2.45) is 0 Å². The topological polar surface area (TPSA) is 72.0 Å². The highest BCUT2D eigenvalue weighted by Crippen LogP contribution is 2.24. The molecule has 0 unspecified atom stereocenters. The molecule has 2 aromatic heterocycles. The molecule has 5 aromatic rings. The van der Waals surface area contributed by atoms with Gasteiger partial charge >= 0.3 is 0 Å². The van der Waals surface area contributed by atoms with Crippen LogP contribution in [0.4, 0.5) is 23.1 Å². The largest absolute Gasteiger partial charge is 0.457 e. The van der Waals surface area contributed by atoms with E-state index in [4.69, 9.17) is 4.74 Å². The van der Waals surface area contributed by atoms with Gasteiger partial charge in [0.05, 0.1) is 17.4 Å². The highest BCUT2D eigenvalue weighted by molar-refractivity contribution is 5.82. The van der Waals surface area contributed by atoms with Crippen LogP contribution in [0, 0.1) is 0 Å². The molecule has 2 heterocycles. The van der Waals surface area contributed by atoms with Crippen molar-refractivity contribution in [2.45, 2.75) is 0 Å². The van der Waals surface area contributed by atoms with E-state index in [1.165, 1.54) is 0 Å². The van der Waals surface area contributed by atoms with E-state index in [1.807, 2.05) is 91.0 Å². The first kappa shape index (κ1) is 18.6. The van der Waals surface area contributed by atoms with Gasteiger partial charge in [0.25, 0.3) is 0 Å². The number of nitrogens with zero attached hydrogens (tertiary/aromatic N) is 3. The first-order chi connectivity index (χ1) is 15.3. The van der Waals surface area contributed by atoms with E-state index >= 15 is 0 Å². The maximum Gasteiger partial charge on any atom is 0.229 e. The smallest absolute Gasteiger partial charge is 0.229 e. The molecule has 0 aliphatic heterocycles. The van der Waals surface area contributed by atoms with Crippen molar-refractivity contribution in [2.75, 3.05) is 10.6 Å². The fourth-order valence-electron chi connectivity index (χ4n) is 3.14. The Labute approximate surface area is 179 Å². The maximum atomic E-state index is 5.82. The molecule has 0 aliphatic rings. The Balaban J connectivity index is 1.27. The quantitative estimate of drug-likeness (QED) is 0.345. The van der Waals surface area contributed by atoms with Crippen LogP contribution < -0.4 is 15.4 Å². The summed E-state index contributed by atoms with van der Waals surface area (Å²) < 4.78 is 5.82. The summed E-state index contributed by atoms with van der Waals surface area (Å²) in [5.41, 5.74) is 2.69. The van der Waals surface area contributed by atoms with Crippen molar-refractivity contribution in [3.63, 3.8) is 0 Å². The number of aromatic nitrogens is 3. The summed E-state index contributed by atoms with van der Waals surface area (Å²) in [4.78, 5) is 13.3. The number of para-hydroxylation sites is 2. The number of benzene rings is 3. The lowest BCUT2D eigenvalue weighted by Crippen LogP contribution is -2.00. The molecule has 6 nitrogen and oxygen atoms in total. The number of hydrogen-bond acceptors (Lipinski definition) is 6. The zero-order valence-electron chi connectivity index (χ0n) is 16.6. The fraction of sp³-hybridized carbons (Fsp3) is 0. The van der Waals surface area contributed by atoms with Crippen molar-refractivity contribution in [3.8, 4) is 11.5 Å². The molecule has 31 heavy (non-hydrogen) atoms. The number of pyridine rings is 1. The van der Waals surface area contributed by atoms with E-state index in [2.05, 4.69) is 25.6 Å². The molecule has 0 aliphatic carbocycles. The third kappa shape index (κ3) is 4.59. The van der Waals surface area contributed by atoms with E-state index in [9.17, 15) is 0 Å². The standard InChI is InChI=1S/C25H19N5O/c1-2-7-21(8-3-1)31-22-12-10-19(11-13-22)29-25-26-15-14-24(30-25)28-20-16-18-6-4-5-9-23(18)27-17-20/h1-17H,(H2,26,28,29,30). The number of rotatable bonds is 6. The third-order valence-corrected chi connectivity index (χ3v) is 4.61. The molecule has 3 aromatic carbocycles. The summed E-state index contributed by atoms with van der Waals surface area (Å²) in [7, 11) is 0. The van der Waals surface area contributed by atoms with Gasteiger partial charge in [0.15, 0.2) is 0 Å². The van der Waals surface area contributed by atoms with Gasteiger partial charge in [-0.1, -0.05) is 36.4 Å². The Bertz CT molecular complexity index is 1310. The van der Waals surface area contributed by atoms with Gasteiger partial charge in [0.2, 0.25) is 5.95 Å². The predicted octanol–water partition coefficient (Wildman–Crippen LogP) is 6.30. The van der Waals surface area contributed by atoms with Crippen LogP contribution in [-0.2, 0) is 0 Å². The monoisotopic (exact) mass is 405 g/mol. The summed E-state index contributed by atoms with van der Waals surface area (Å²) in [5.74, 6) is 2.74. The van der Waals surface area contributed by atoms with E-state index < -0.39 is 0 Å². The van der Waals surface area contributed by atoms with Crippen LogP contribution in [0.5, 0.6) is 11.5 Å². The molecule has 0 fully saturated rings. The summed E-state index contributed by atoms with van der Waals surface area (Å²) >= 11 is 0. The Morgan fingerprint density at radius 3 is 2.29 bits per heavy atom. The normalized spacial score (nSPS) is 10.6. The third-order valence-electron chi connectivity index (χ3n) is 4.61. The van der Waals surface area contributed by atoms with Gasteiger partial charge in [-0.3, -0.25) is 4.98 Å². The van der Waals surface area contributed by atoms with Crippen LogP contribution in [0.1, 0.15) is 0 Å². The van der Waals surface area contributed by atoms with Crippen molar-refractivity contribution >= 4 is 34.0 Å². The van der Waals surface area contributed by atoms with Crippen LogP contribution in [0.15, 0.2) is 103 Å². The van der Waals surface area contributed by atoms with E-state index in [0.717, 1.165) is 33.8 Å². The number of hydrogen-bond donors (Lipinski definition) is 2. The van der Waals surface area contributed by atoms with E-state index in [1.54, 1.807) is 12.4 Å². The average molecular weight is 405 g/mol. The molecule has 5 rings (SSSR count). The molecule has 0 atom stereocenters. The van der Waals surface area contributed by atoms with Gasteiger partial charge in [-0.05, 0) is 54.6 Å². The predicted molar refractivity (Wildman–Crippen MR) is 123 cm³/mol. The molecule has 150 valence electrons. The zero-order valence-corrected chi connectivity index (χ0v) is 16.6. The molecule has 0 saturated carbocycles. The molecular formula is C25H19N5O. The second-order valence-electron chi connectivity index (χ2n) is 6.87. The first-order valence-electron chi connectivity index (χ1n) is 9.87. The van der Waals surface area contributed by atoms with E-state index in [-0.39, 0.29) is 0 Å². The van der Waals surface area contributed by atoms with Crippen LogP contribution in [0.3, 0.4) is 0 Å². The fourth-order valence-corrected chi connectivity index (χ4v) is 3.14. The van der Waals surface area contributed by atoms with Crippen molar-refractivity contribution < 1.29 is 4.74 Å². The SMILES string of the molecule is c1ccc(Oc2ccc(Nc3nccc(Nc4cnc5ccccc5c4)n3)cc2)cc1. The summed E-state index contributed by atoms with van der Waals surface area (Å²) in [5, 5.41) is 7.57. The minimum Gasteiger partial charge on any atom is -0.457 e. The second kappa shape index (κ2) is 8.51. The zero-order chi connectivity index (χ0) is 20.9. The molecule has 0 spiro atoms. The van der Waals surface area contributed by atoms with Crippen molar-refractivity contribution in [1.82, 2.24) is 15.0 Å². The minimum absolute atomic E-state index is 0.496. The van der Waals surface area contributed by atoms with Crippen LogP contribution >= 0.6 is 0 Å². The van der Waals surface area contributed by atoms with Crippen LogP contribution in [0.25, 0.3) is 10.9 Å². The van der Waals surface area contributed by atoms with Crippen LogP contribution in [0.2, 0.25) is 0 Å². The molecule has 0 saturated heterocycles. The highest BCUT2D eigenvalue weighted by Gasteiger charge is 2.04. The number of nitrogens with one attached hydrogen (secondary N) is 2. The number of anilines is 4. The Kier molecular flexibility index (Phi) is 5.10. The van der Waals surface area contributed by atoms with Gasteiger partial charge in [0, 0.05) is 17.3 Å². The average Bonchev–Trinajstić information content (AvgIpc) is 2.81. The van der Waals surface area contributed by atoms with Gasteiger partial charge < -0.3 is 15.4 Å². The maximum absolute atomic E-state index is 5.82. The minimum atomic E-state index is 0.496. The van der Waals surface area contributed by atoms with Crippen LogP contribution in [-0.4, -0.2) is 15.0 Å². The lowest BCUT2D eigenvalue weighted by atomic mass is 10.2. The molecule has 0 amide bonds. The van der Waals surface area contributed by atoms with Gasteiger partial charge in [-0.2, -0.15) is 4.98 Å². The van der Waals surface area contributed by atoms with Gasteiger partial charge in [-0.15, -0.1) is 0 Å². The summed E-state index contributed by atoms with van der Waals surface area (Å²) in [6, 6.07) is 29.2. The Morgan fingerprint density at radius 1 is 0.645 bits per heavy atom. The number of ether oxygens (including phenoxy) is 1. The first-order valence-corrected chi connectivity index (χ1v) is 9.87. The highest BCUT2D eigenvalue weighted by atomic mass is 16.5. The van der Waals surface area contributed by atoms with Gasteiger partial charge in [0.1, 0.15) is 17.3 Å². The lowest BCUT2D eigenvalue weighted by Gasteiger charge is -2.10. The molecule has 0 bridgehead atoms. The summed E-state index contributed by atoms with van der Waals surface area (Å²) in [6.07, 6.45) is 3.50. The lowest BCUT2D eigenvalue weighted by molar-refractivity contribution is 0.483. The molecule has 6 heteroatoms. The van der Waals surface area contributed by atoms with Crippen molar-refractivity contribution in [3.05, 3.63) is 103 Å². The summed E-state index contributed by atoms with van der Waals surface area (Å²) in [6.45, 7) is 0. The van der Waals surface area contributed by atoms with E-state index in [0.29, 0.717) is 11.8 Å². The second-order valence-corrected chi connectivity index (χ2v) is 6.87. The molecule has 0 radical (unpaired) electrons. The van der Waals surface area contributed by atoms with Gasteiger partial charge in [-0.25, -0.2) is 4.98 Å². The Hall–Kier alpha value is -4.45. The van der Waals surface area contributed by atoms with Crippen molar-refractivity contribution in [1.29, 1.82) is 0 Å². The molecular weight excluding hydrogens is 386 g/mol.